The van der Waals surface area contributed by atoms with Gasteiger partial charge in [0, 0.05) is 13.0 Å². The first-order chi connectivity index (χ1) is 7.78. The van der Waals surface area contributed by atoms with E-state index in [-0.39, 0.29) is 11.2 Å². The van der Waals surface area contributed by atoms with Crippen LogP contribution in [0, 0.1) is 6.92 Å². The van der Waals surface area contributed by atoms with Crippen molar-refractivity contribution in [3.05, 3.63) is 11.8 Å². The van der Waals surface area contributed by atoms with Gasteiger partial charge in [-0.3, -0.25) is 0 Å². The van der Waals surface area contributed by atoms with Gasteiger partial charge in [-0.2, -0.15) is 0 Å². The molecule has 0 aliphatic carbocycles. The van der Waals surface area contributed by atoms with Crippen molar-refractivity contribution in [1.82, 2.24) is 15.5 Å². The largest absolute Gasteiger partial charge is 0.424 e. The molecule has 1 aliphatic heterocycles. The molecule has 2 heterocycles. The van der Waals surface area contributed by atoms with Crippen LogP contribution in [-0.4, -0.2) is 27.4 Å². The highest BCUT2D eigenvalue weighted by Crippen LogP contribution is 2.37. The lowest BCUT2D eigenvalue weighted by atomic mass is 9.94. The Hall–Kier alpha value is -0.940. The van der Waals surface area contributed by atoms with Gasteiger partial charge in [0.25, 0.3) is 0 Å². The number of hydrogen-bond acceptors (Lipinski definition) is 5. The highest BCUT2D eigenvalue weighted by atomic mass is 16.5. The van der Waals surface area contributed by atoms with E-state index in [9.17, 15) is 0 Å². The average molecular weight is 239 g/mol. The van der Waals surface area contributed by atoms with Crippen molar-refractivity contribution in [2.24, 2.45) is 0 Å². The zero-order valence-electron chi connectivity index (χ0n) is 11.2. The molecule has 17 heavy (non-hydrogen) atoms. The average Bonchev–Trinajstić information content (AvgIpc) is 2.64. The molecule has 1 saturated heterocycles. The van der Waals surface area contributed by atoms with Crippen LogP contribution in [0.2, 0.25) is 0 Å². The third kappa shape index (κ3) is 2.84. The van der Waals surface area contributed by atoms with E-state index in [0.29, 0.717) is 24.4 Å². The summed E-state index contributed by atoms with van der Waals surface area (Å²) in [6, 6.07) is 0.296. The Morgan fingerprint density at radius 2 is 2.00 bits per heavy atom. The number of nitrogens with one attached hydrogen (secondary N) is 1. The number of ether oxygens (including phenoxy) is 1. The minimum atomic E-state index is -0.168. The molecule has 0 spiro atoms. The van der Waals surface area contributed by atoms with Gasteiger partial charge in [-0.25, -0.2) is 0 Å². The van der Waals surface area contributed by atoms with Crippen molar-refractivity contribution in [3.8, 4) is 0 Å². The van der Waals surface area contributed by atoms with Crippen molar-refractivity contribution in [1.29, 1.82) is 0 Å². The standard InChI is InChI=1S/C12H21N3O2/c1-8-14-15-10(16-8)7-13-9-6-11(2,3)17-12(9,4)5/h9,13H,6-7H2,1-5H3/t9-/m1/s1. The van der Waals surface area contributed by atoms with Gasteiger partial charge in [-0.15, -0.1) is 10.2 Å². The van der Waals surface area contributed by atoms with Crippen LogP contribution in [-0.2, 0) is 11.3 Å². The van der Waals surface area contributed by atoms with Crippen molar-refractivity contribution in [2.45, 2.75) is 64.8 Å². The molecular weight excluding hydrogens is 218 g/mol. The molecule has 1 N–H and O–H groups in total. The molecule has 0 amide bonds. The molecule has 0 saturated carbocycles. The molecule has 1 aliphatic rings. The quantitative estimate of drug-likeness (QED) is 0.871. The molecule has 5 heteroatoms. The van der Waals surface area contributed by atoms with Crippen LogP contribution in [0.4, 0.5) is 0 Å². The minimum Gasteiger partial charge on any atom is -0.424 e. The first-order valence-electron chi connectivity index (χ1n) is 6.01. The van der Waals surface area contributed by atoms with Crippen LogP contribution in [0.3, 0.4) is 0 Å². The third-order valence-corrected chi connectivity index (χ3v) is 3.14. The summed E-state index contributed by atoms with van der Waals surface area (Å²) in [5.41, 5.74) is -0.246. The molecule has 5 nitrogen and oxygen atoms in total. The SMILES string of the molecule is Cc1nnc(CN[C@@H]2CC(C)(C)OC2(C)C)o1. The molecule has 1 aromatic rings. The van der Waals surface area contributed by atoms with Gasteiger partial charge >= 0.3 is 0 Å². The van der Waals surface area contributed by atoms with Gasteiger partial charge in [-0.1, -0.05) is 0 Å². The molecule has 0 radical (unpaired) electrons. The number of aromatic nitrogens is 2. The van der Waals surface area contributed by atoms with E-state index in [4.69, 9.17) is 9.15 Å². The molecule has 2 rings (SSSR count). The molecule has 1 aromatic heterocycles. The molecule has 96 valence electrons. The van der Waals surface area contributed by atoms with Gasteiger partial charge in [0.1, 0.15) is 0 Å². The number of rotatable bonds is 3. The normalized spacial score (nSPS) is 26.3. The summed E-state index contributed by atoms with van der Waals surface area (Å²) in [5.74, 6) is 1.23. The van der Waals surface area contributed by atoms with Crippen molar-refractivity contribution in [2.75, 3.05) is 0 Å². The van der Waals surface area contributed by atoms with Crippen molar-refractivity contribution < 1.29 is 9.15 Å². The molecule has 1 fully saturated rings. The van der Waals surface area contributed by atoms with E-state index in [1.54, 1.807) is 6.92 Å². The number of hydrogen-bond donors (Lipinski definition) is 1. The Balaban J connectivity index is 1.95. The first kappa shape index (κ1) is 12.5. The monoisotopic (exact) mass is 239 g/mol. The van der Waals surface area contributed by atoms with E-state index in [1.165, 1.54) is 0 Å². The number of nitrogens with zero attached hydrogens (tertiary/aromatic N) is 2. The zero-order chi connectivity index (χ0) is 12.7. The summed E-state index contributed by atoms with van der Waals surface area (Å²) in [7, 11) is 0. The van der Waals surface area contributed by atoms with Crippen LogP contribution in [0.15, 0.2) is 4.42 Å². The van der Waals surface area contributed by atoms with E-state index < -0.39 is 0 Å². The molecule has 0 aromatic carbocycles. The Kier molecular flexibility index (Phi) is 2.99. The second-order valence-electron chi connectivity index (χ2n) is 5.82. The summed E-state index contributed by atoms with van der Waals surface area (Å²) in [5, 5.41) is 11.2. The van der Waals surface area contributed by atoms with Crippen LogP contribution in [0.1, 0.15) is 45.9 Å². The highest BCUT2D eigenvalue weighted by molar-refractivity contribution is 4.99. The van der Waals surface area contributed by atoms with Gasteiger partial charge < -0.3 is 14.5 Å². The van der Waals surface area contributed by atoms with E-state index in [1.807, 2.05) is 0 Å². The van der Waals surface area contributed by atoms with Crippen molar-refractivity contribution >= 4 is 0 Å². The summed E-state index contributed by atoms with van der Waals surface area (Å²) in [6.45, 7) is 10.8. The summed E-state index contributed by atoms with van der Waals surface area (Å²) in [6.07, 6.45) is 0.979. The highest BCUT2D eigenvalue weighted by Gasteiger charge is 2.45. The van der Waals surface area contributed by atoms with Crippen LogP contribution >= 0.6 is 0 Å². The Morgan fingerprint density at radius 3 is 2.47 bits per heavy atom. The fourth-order valence-electron chi connectivity index (χ4n) is 2.50. The fourth-order valence-corrected chi connectivity index (χ4v) is 2.50. The van der Waals surface area contributed by atoms with E-state index in [0.717, 1.165) is 6.42 Å². The van der Waals surface area contributed by atoms with Gasteiger partial charge in [0.05, 0.1) is 17.7 Å². The predicted octanol–water partition coefficient (Wildman–Crippen LogP) is 1.81. The lowest BCUT2D eigenvalue weighted by molar-refractivity contribution is -0.0699. The summed E-state index contributed by atoms with van der Waals surface area (Å²) >= 11 is 0. The Morgan fingerprint density at radius 1 is 1.29 bits per heavy atom. The topological polar surface area (TPSA) is 60.2 Å². The zero-order valence-corrected chi connectivity index (χ0v) is 11.2. The number of aryl methyl sites for hydroxylation is 1. The molecular formula is C12H21N3O2. The lowest BCUT2D eigenvalue weighted by Gasteiger charge is -2.27. The predicted molar refractivity (Wildman–Crippen MR) is 63.5 cm³/mol. The fraction of sp³-hybridized carbons (Fsp3) is 0.833. The third-order valence-electron chi connectivity index (χ3n) is 3.14. The maximum Gasteiger partial charge on any atom is 0.230 e. The van der Waals surface area contributed by atoms with Gasteiger partial charge in [-0.05, 0) is 34.1 Å². The Bertz CT molecular complexity index is 398. The maximum absolute atomic E-state index is 6.01. The smallest absolute Gasteiger partial charge is 0.230 e. The van der Waals surface area contributed by atoms with E-state index in [2.05, 4.69) is 43.2 Å². The van der Waals surface area contributed by atoms with Crippen LogP contribution in [0.5, 0.6) is 0 Å². The van der Waals surface area contributed by atoms with Crippen LogP contribution < -0.4 is 5.32 Å². The maximum atomic E-state index is 6.01. The van der Waals surface area contributed by atoms with Gasteiger partial charge in [0.15, 0.2) is 0 Å². The molecule has 0 unspecified atom stereocenters. The van der Waals surface area contributed by atoms with Crippen LogP contribution in [0.25, 0.3) is 0 Å². The lowest BCUT2D eigenvalue weighted by Crippen LogP contribution is -2.43. The Labute approximate surface area is 102 Å². The van der Waals surface area contributed by atoms with Gasteiger partial charge in [0.2, 0.25) is 11.8 Å². The molecule has 0 bridgehead atoms. The second kappa shape index (κ2) is 4.07. The first-order valence-corrected chi connectivity index (χ1v) is 6.01. The minimum absolute atomic E-state index is 0.0775. The van der Waals surface area contributed by atoms with Crippen molar-refractivity contribution in [3.63, 3.8) is 0 Å². The molecule has 1 atom stereocenters. The van der Waals surface area contributed by atoms with E-state index >= 15 is 0 Å². The summed E-state index contributed by atoms with van der Waals surface area (Å²) in [4.78, 5) is 0. The summed E-state index contributed by atoms with van der Waals surface area (Å²) < 4.78 is 11.4. The second-order valence-corrected chi connectivity index (χ2v) is 5.82.